The molecule has 14 heavy (non-hydrogen) atoms. The van der Waals surface area contributed by atoms with Crippen LogP contribution in [0.5, 0.6) is 0 Å². The number of benzene rings is 1. The van der Waals surface area contributed by atoms with Crippen LogP contribution in [0, 0.1) is 0 Å². The van der Waals surface area contributed by atoms with Crippen LogP contribution in [0.25, 0.3) is 0 Å². The van der Waals surface area contributed by atoms with Crippen molar-refractivity contribution in [3.63, 3.8) is 0 Å². The predicted molar refractivity (Wildman–Crippen MR) is 58.0 cm³/mol. The lowest BCUT2D eigenvalue weighted by molar-refractivity contribution is 0.0848. The van der Waals surface area contributed by atoms with E-state index in [9.17, 15) is 4.79 Å². The van der Waals surface area contributed by atoms with Crippen LogP contribution >= 0.6 is 12.2 Å². The summed E-state index contributed by atoms with van der Waals surface area (Å²) in [4.78, 5) is 11.5. The summed E-state index contributed by atoms with van der Waals surface area (Å²) in [6.07, 6.45) is 0. The molecule has 1 aromatic rings. The first-order valence-corrected chi connectivity index (χ1v) is 4.17. The van der Waals surface area contributed by atoms with Crippen molar-refractivity contribution in [2.24, 2.45) is 11.6 Å². The zero-order valence-electron chi connectivity index (χ0n) is 7.31. The first kappa shape index (κ1) is 10.4. The number of amides is 1. The highest BCUT2D eigenvalue weighted by atomic mass is 32.1. The Balaban J connectivity index is 2.90. The maximum Gasteiger partial charge on any atom is 0.274 e. The van der Waals surface area contributed by atoms with Crippen molar-refractivity contribution in [3.05, 3.63) is 29.8 Å². The van der Waals surface area contributed by atoms with Gasteiger partial charge in [-0.05, 0) is 36.5 Å². The highest BCUT2D eigenvalue weighted by Crippen LogP contribution is 2.06. The van der Waals surface area contributed by atoms with E-state index in [4.69, 9.17) is 17.3 Å². The fraction of sp³-hybridized carbons (Fsp3) is 0. The number of anilines is 1. The van der Waals surface area contributed by atoms with Gasteiger partial charge in [0.2, 0.25) is 0 Å². The van der Waals surface area contributed by atoms with Gasteiger partial charge in [-0.1, -0.05) is 0 Å². The first-order chi connectivity index (χ1) is 6.52. The summed E-state index contributed by atoms with van der Waals surface area (Å²) in [6, 6.07) is 6.30. The molecule has 74 valence electrons. The van der Waals surface area contributed by atoms with Gasteiger partial charge >= 0.3 is 0 Å². The van der Waals surface area contributed by atoms with Crippen LogP contribution in [-0.2, 0) is 0 Å². The van der Waals surface area contributed by atoms with Crippen LogP contribution in [0.4, 0.5) is 5.69 Å². The van der Waals surface area contributed by atoms with E-state index in [0.29, 0.717) is 16.3 Å². The molecule has 5 nitrogen and oxygen atoms in total. The van der Waals surface area contributed by atoms with Gasteiger partial charge in [-0.25, -0.2) is 10.9 Å². The molecule has 1 aromatic carbocycles. The van der Waals surface area contributed by atoms with Gasteiger partial charge in [0.1, 0.15) is 0 Å². The van der Waals surface area contributed by atoms with E-state index in [1.54, 1.807) is 24.3 Å². The van der Waals surface area contributed by atoms with Gasteiger partial charge < -0.3 is 11.5 Å². The van der Waals surface area contributed by atoms with Gasteiger partial charge in [0.15, 0.2) is 5.11 Å². The van der Waals surface area contributed by atoms with E-state index in [1.807, 2.05) is 0 Å². The fourth-order valence-electron chi connectivity index (χ4n) is 0.865. The fourth-order valence-corrected chi connectivity index (χ4v) is 0.948. The molecule has 0 spiro atoms. The lowest BCUT2D eigenvalue weighted by Gasteiger charge is -2.13. The summed E-state index contributed by atoms with van der Waals surface area (Å²) in [5.41, 5.74) is 11.6. The van der Waals surface area contributed by atoms with Crippen LogP contribution in [0.1, 0.15) is 10.4 Å². The summed E-state index contributed by atoms with van der Waals surface area (Å²) in [5.74, 6) is 4.86. The molecule has 0 radical (unpaired) electrons. The summed E-state index contributed by atoms with van der Waals surface area (Å²) in [7, 11) is 0. The number of carbonyl (C=O) groups excluding carboxylic acids is 1. The molecule has 0 aromatic heterocycles. The van der Waals surface area contributed by atoms with Crippen LogP contribution in [0.3, 0.4) is 0 Å². The Hall–Kier alpha value is -1.66. The SMILES string of the molecule is NC(=S)N(N)C(=O)c1ccc(N)cc1. The van der Waals surface area contributed by atoms with Crippen molar-refractivity contribution in [3.8, 4) is 0 Å². The summed E-state index contributed by atoms with van der Waals surface area (Å²) in [5, 5.41) is 0.535. The maximum absolute atomic E-state index is 11.5. The van der Waals surface area contributed by atoms with Crippen LogP contribution < -0.4 is 17.3 Å². The molecule has 0 fully saturated rings. The van der Waals surface area contributed by atoms with Crippen molar-refractivity contribution >= 4 is 28.9 Å². The number of hydrazine groups is 1. The normalized spacial score (nSPS) is 9.50. The second kappa shape index (κ2) is 4.03. The average Bonchev–Trinajstić information content (AvgIpc) is 2.16. The standard InChI is InChI=1S/C8H10N4OS/c9-6-3-1-5(2-4-6)7(13)12(11)8(10)14/h1-4H,9,11H2,(H2,10,14). The van der Waals surface area contributed by atoms with Crippen molar-refractivity contribution in [2.75, 3.05) is 5.73 Å². The van der Waals surface area contributed by atoms with Gasteiger partial charge in [-0.3, -0.25) is 4.79 Å². The minimum atomic E-state index is -0.461. The second-order valence-corrected chi connectivity index (χ2v) is 3.05. The van der Waals surface area contributed by atoms with E-state index in [-0.39, 0.29) is 5.11 Å². The molecule has 0 unspecified atom stereocenters. The number of carbonyl (C=O) groups is 1. The van der Waals surface area contributed by atoms with Crippen LogP contribution in [-0.4, -0.2) is 16.0 Å². The summed E-state index contributed by atoms with van der Waals surface area (Å²) >= 11 is 4.55. The van der Waals surface area contributed by atoms with Gasteiger partial charge in [0, 0.05) is 11.3 Å². The highest BCUT2D eigenvalue weighted by Gasteiger charge is 2.13. The molecule has 0 heterocycles. The predicted octanol–water partition coefficient (Wildman–Crippen LogP) is -0.172. The Morgan fingerprint density at radius 2 is 1.79 bits per heavy atom. The smallest absolute Gasteiger partial charge is 0.274 e. The van der Waals surface area contributed by atoms with Crippen molar-refractivity contribution in [1.82, 2.24) is 5.01 Å². The van der Waals surface area contributed by atoms with Gasteiger partial charge in [0.25, 0.3) is 5.91 Å². The van der Waals surface area contributed by atoms with Gasteiger partial charge in [-0.2, -0.15) is 0 Å². The average molecular weight is 210 g/mol. The molecular weight excluding hydrogens is 200 g/mol. The number of hydrogen-bond donors (Lipinski definition) is 3. The lowest BCUT2D eigenvalue weighted by atomic mass is 10.2. The molecule has 0 aliphatic rings. The maximum atomic E-state index is 11.5. The molecule has 0 aliphatic carbocycles. The van der Waals surface area contributed by atoms with Crippen molar-refractivity contribution in [1.29, 1.82) is 0 Å². The molecule has 1 amide bonds. The molecule has 6 heteroatoms. The molecule has 6 N–H and O–H groups in total. The molecular formula is C8H10N4OS. The number of thiocarbonyl (C=S) groups is 1. The van der Waals surface area contributed by atoms with E-state index in [1.165, 1.54) is 0 Å². The number of rotatable bonds is 1. The van der Waals surface area contributed by atoms with E-state index < -0.39 is 5.91 Å². The Bertz CT molecular complexity index is 362. The van der Waals surface area contributed by atoms with Crippen LogP contribution in [0.2, 0.25) is 0 Å². The Labute approximate surface area is 86.4 Å². The van der Waals surface area contributed by atoms with Crippen molar-refractivity contribution < 1.29 is 4.79 Å². The Kier molecular flexibility index (Phi) is 3.00. The van der Waals surface area contributed by atoms with Gasteiger partial charge in [0.05, 0.1) is 0 Å². The molecule has 0 saturated heterocycles. The Morgan fingerprint density at radius 1 is 1.29 bits per heavy atom. The minimum absolute atomic E-state index is 0.174. The molecule has 0 saturated carbocycles. The topological polar surface area (TPSA) is 98.4 Å². The monoisotopic (exact) mass is 210 g/mol. The van der Waals surface area contributed by atoms with Crippen molar-refractivity contribution in [2.45, 2.75) is 0 Å². The third-order valence-electron chi connectivity index (χ3n) is 1.61. The molecule has 0 atom stereocenters. The number of nitrogens with zero attached hydrogens (tertiary/aromatic N) is 1. The Morgan fingerprint density at radius 3 is 2.21 bits per heavy atom. The summed E-state index contributed by atoms with van der Waals surface area (Å²) < 4.78 is 0. The molecule has 1 rings (SSSR count). The number of hydrogen-bond acceptors (Lipinski definition) is 4. The highest BCUT2D eigenvalue weighted by molar-refractivity contribution is 7.80. The zero-order valence-corrected chi connectivity index (χ0v) is 8.12. The molecule has 0 bridgehead atoms. The first-order valence-electron chi connectivity index (χ1n) is 3.76. The van der Waals surface area contributed by atoms with Crippen LogP contribution in [0.15, 0.2) is 24.3 Å². The number of nitrogen functional groups attached to an aromatic ring is 1. The van der Waals surface area contributed by atoms with E-state index in [0.717, 1.165) is 0 Å². The van der Waals surface area contributed by atoms with Gasteiger partial charge in [-0.15, -0.1) is 0 Å². The second-order valence-electron chi connectivity index (χ2n) is 2.64. The molecule has 0 aliphatic heterocycles. The zero-order chi connectivity index (χ0) is 10.7. The third kappa shape index (κ3) is 2.18. The van der Waals surface area contributed by atoms with E-state index >= 15 is 0 Å². The quantitative estimate of drug-likeness (QED) is 0.196. The summed E-state index contributed by atoms with van der Waals surface area (Å²) in [6.45, 7) is 0. The third-order valence-corrected chi connectivity index (χ3v) is 1.81. The largest absolute Gasteiger partial charge is 0.399 e. The number of nitrogens with two attached hydrogens (primary N) is 3. The van der Waals surface area contributed by atoms with E-state index in [2.05, 4.69) is 12.2 Å². The lowest BCUT2D eigenvalue weighted by Crippen LogP contribution is -2.45. The minimum Gasteiger partial charge on any atom is -0.399 e.